The number of hydrogen-bond acceptors (Lipinski definition) is 4. The third kappa shape index (κ3) is 5.28. The first-order valence-corrected chi connectivity index (χ1v) is 11.6. The van der Waals surface area contributed by atoms with Gasteiger partial charge in [-0.3, -0.25) is 4.79 Å². The summed E-state index contributed by atoms with van der Waals surface area (Å²) < 4.78 is 43.9. The predicted molar refractivity (Wildman–Crippen MR) is 111 cm³/mol. The van der Waals surface area contributed by atoms with Gasteiger partial charge in [-0.1, -0.05) is 17.7 Å². The molecule has 0 N–H and O–H groups in total. The van der Waals surface area contributed by atoms with Crippen molar-refractivity contribution in [1.82, 2.24) is 4.90 Å². The van der Waals surface area contributed by atoms with Gasteiger partial charge in [0, 0.05) is 22.2 Å². The maximum absolute atomic E-state index is 14.3. The molecule has 1 heterocycles. The van der Waals surface area contributed by atoms with Crippen molar-refractivity contribution in [2.24, 2.45) is 0 Å². The summed E-state index contributed by atoms with van der Waals surface area (Å²) in [6, 6.07) is 10.4. The van der Waals surface area contributed by atoms with Crippen LogP contribution in [0.25, 0.3) is 0 Å². The zero-order valence-corrected chi connectivity index (χ0v) is 17.8. The van der Waals surface area contributed by atoms with E-state index in [1.807, 2.05) is 13.8 Å². The fourth-order valence-corrected chi connectivity index (χ4v) is 5.31. The van der Waals surface area contributed by atoms with Crippen LogP contribution in [0.1, 0.15) is 36.2 Å². The molecule has 0 aromatic heterocycles. The second-order valence-corrected chi connectivity index (χ2v) is 10.0. The number of carbonyl (C=O) groups is 1. The van der Waals surface area contributed by atoms with Gasteiger partial charge in [-0.05, 0) is 56.7 Å². The predicted octanol–water partition coefficient (Wildman–Crippen LogP) is 4.10. The molecule has 1 atom stereocenters. The number of carbonyl (C=O) groups excluding carboxylic acids is 1. The summed E-state index contributed by atoms with van der Waals surface area (Å²) in [4.78, 5) is 14.6. The molecule has 1 fully saturated rings. The lowest BCUT2D eigenvalue weighted by molar-refractivity contribution is 0.0679. The van der Waals surface area contributed by atoms with Crippen LogP contribution in [0.2, 0.25) is 5.02 Å². The van der Waals surface area contributed by atoms with Crippen molar-refractivity contribution in [2.75, 3.05) is 11.5 Å². The van der Waals surface area contributed by atoms with Gasteiger partial charge in [-0.2, -0.15) is 0 Å². The van der Waals surface area contributed by atoms with Crippen molar-refractivity contribution in [3.8, 4) is 5.75 Å². The van der Waals surface area contributed by atoms with Crippen LogP contribution < -0.4 is 4.74 Å². The van der Waals surface area contributed by atoms with Crippen LogP contribution in [0.15, 0.2) is 42.5 Å². The topological polar surface area (TPSA) is 63.7 Å². The van der Waals surface area contributed by atoms with Gasteiger partial charge in [-0.25, -0.2) is 12.8 Å². The van der Waals surface area contributed by atoms with E-state index in [-0.39, 0.29) is 40.6 Å². The van der Waals surface area contributed by atoms with Gasteiger partial charge in [0.1, 0.15) is 11.6 Å². The van der Waals surface area contributed by atoms with Crippen LogP contribution in [-0.4, -0.2) is 42.9 Å². The van der Waals surface area contributed by atoms with Crippen LogP contribution in [0.3, 0.4) is 0 Å². The quantitative estimate of drug-likeness (QED) is 0.679. The smallest absolute Gasteiger partial charge is 0.254 e. The molecule has 1 aliphatic heterocycles. The molecule has 0 aliphatic carbocycles. The average Bonchev–Trinajstić information content (AvgIpc) is 3.01. The molecular weight excluding hydrogens is 417 g/mol. The van der Waals surface area contributed by atoms with E-state index in [0.717, 1.165) is 0 Å². The number of hydrogen-bond donors (Lipinski definition) is 0. The van der Waals surface area contributed by atoms with Crippen molar-refractivity contribution in [3.05, 3.63) is 64.4 Å². The lowest BCUT2D eigenvalue weighted by Crippen LogP contribution is -2.41. The molecule has 0 bridgehead atoms. The standard InChI is InChI=1S/C21H23ClFNO4S/c1-14(2)28-17-8-6-15(7-9-17)21(25)24(16-10-11-29(26,27)13-16)12-18-19(22)4-3-5-20(18)23/h3-9,14,16H,10-13H2,1-2H3. The number of halogens is 2. The first kappa shape index (κ1) is 21.6. The number of nitrogens with zero attached hydrogens (tertiary/aromatic N) is 1. The Labute approximate surface area is 175 Å². The van der Waals surface area contributed by atoms with Crippen molar-refractivity contribution < 1.29 is 22.3 Å². The Hall–Kier alpha value is -2.12. The van der Waals surface area contributed by atoms with Crippen molar-refractivity contribution in [2.45, 2.75) is 39.0 Å². The first-order valence-electron chi connectivity index (χ1n) is 9.37. The molecule has 1 saturated heterocycles. The first-order chi connectivity index (χ1) is 13.7. The van der Waals surface area contributed by atoms with Gasteiger partial charge in [0.25, 0.3) is 5.91 Å². The molecule has 0 saturated carbocycles. The van der Waals surface area contributed by atoms with Crippen LogP contribution in [-0.2, 0) is 16.4 Å². The number of ether oxygens (including phenoxy) is 1. The van der Waals surface area contributed by atoms with Crippen molar-refractivity contribution >= 4 is 27.3 Å². The summed E-state index contributed by atoms with van der Waals surface area (Å²) in [6.45, 7) is 3.70. The maximum Gasteiger partial charge on any atom is 0.254 e. The normalized spacial score (nSPS) is 18.0. The molecule has 8 heteroatoms. The summed E-state index contributed by atoms with van der Waals surface area (Å²) in [7, 11) is -3.23. The minimum atomic E-state index is -3.23. The minimum absolute atomic E-state index is 0.0000526. The highest BCUT2D eigenvalue weighted by molar-refractivity contribution is 7.91. The second kappa shape index (κ2) is 8.71. The van der Waals surface area contributed by atoms with Crippen LogP contribution in [0.5, 0.6) is 5.75 Å². The maximum atomic E-state index is 14.3. The molecule has 156 valence electrons. The summed E-state index contributed by atoms with van der Waals surface area (Å²) in [5.41, 5.74) is 0.546. The molecule has 1 amide bonds. The highest BCUT2D eigenvalue weighted by atomic mass is 35.5. The van der Waals surface area contributed by atoms with Gasteiger partial charge in [-0.15, -0.1) is 0 Å². The number of amides is 1. The van der Waals surface area contributed by atoms with E-state index in [1.54, 1.807) is 30.3 Å². The largest absolute Gasteiger partial charge is 0.491 e. The lowest BCUT2D eigenvalue weighted by atomic mass is 10.1. The van der Waals surface area contributed by atoms with Crippen LogP contribution in [0, 0.1) is 5.82 Å². The Kier molecular flexibility index (Phi) is 6.49. The van der Waals surface area contributed by atoms with Crippen molar-refractivity contribution in [3.63, 3.8) is 0 Å². The molecule has 1 aliphatic rings. The Morgan fingerprint density at radius 1 is 1.24 bits per heavy atom. The van der Waals surface area contributed by atoms with E-state index < -0.39 is 21.7 Å². The third-order valence-corrected chi connectivity index (χ3v) is 6.88. The van der Waals surface area contributed by atoms with Gasteiger partial charge in [0.15, 0.2) is 9.84 Å². The minimum Gasteiger partial charge on any atom is -0.491 e. The molecule has 29 heavy (non-hydrogen) atoms. The highest BCUT2D eigenvalue weighted by Crippen LogP contribution is 2.27. The molecule has 3 rings (SSSR count). The molecule has 0 spiro atoms. The Bertz CT molecular complexity index is 972. The zero-order valence-electron chi connectivity index (χ0n) is 16.3. The highest BCUT2D eigenvalue weighted by Gasteiger charge is 2.35. The Balaban J connectivity index is 1.91. The third-order valence-electron chi connectivity index (χ3n) is 4.77. The SMILES string of the molecule is CC(C)Oc1ccc(C(=O)N(Cc2c(F)cccc2Cl)C2CCS(=O)(=O)C2)cc1. The van der Waals surface area contributed by atoms with E-state index in [1.165, 1.54) is 17.0 Å². The fraction of sp³-hybridized carbons (Fsp3) is 0.381. The number of sulfone groups is 1. The Morgan fingerprint density at radius 2 is 1.93 bits per heavy atom. The van der Waals surface area contributed by atoms with Crippen molar-refractivity contribution in [1.29, 1.82) is 0 Å². The second-order valence-electron chi connectivity index (χ2n) is 7.38. The monoisotopic (exact) mass is 439 g/mol. The summed E-state index contributed by atoms with van der Waals surface area (Å²) >= 11 is 6.14. The van der Waals surface area contributed by atoms with E-state index in [2.05, 4.69) is 0 Å². The van der Waals surface area contributed by atoms with E-state index in [0.29, 0.717) is 17.7 Å². The van der Waals surface area contributed by atoms with Gasteiger partial charge >= 0.3 is 0 Å². The molecular formula is C21H23ClFNO4S. The molecule has 1 unspecified atom stereocenters. The summed E-state index contributed by atoms with van der Waals surface area (Å²) in [5, 5.41) is 0.198. The van der Waals surface area contributed by atoms with Gasteiger partial charge in [0.05, 0.1) is 24.2 Å². The van der Waals surface area contributed by atoms with Gasteiger partial charge in [0.2, 0.25) is 0 Å². The fourth-order valence-electron chi connectivity index (χ4n) is 3.36. The number of rotatable bonds is 6. The van der Waals surface area contributed by atoms with Gasteiger partial charge < -0.3 is 9.64 Å². The number of benzene rings is 2. The average molecular weight is 440 g/mol. The van der Waals surface area contributed by atoms with Crippen LogP contribution in [0.4, 0.5) is 4.39 Å². The molecule has 5 nitrogen and oxygen atoms in total. The molecule has 2 aromatic rings. The zero-order chi connectivity index (χ0) is 21.2. The summed E-state index contributed by atoms with van der Waals surface area (Å²) in [5.74, 6) is -0.407. The summed E-state index contributed by atoms with van der Waals surface area (Å²) in [6.07, 6.45) is 0.314. The molecule has 2 aromatic carbocycles. The molecule has 0 radical (unpaired) electrons. The van der Waals surface area contributed by atoms with E-state index in [4.69, 9.17) is 16.3 Å². The van der Waals surface area contributed by atoms with E-state index in [9.17, 15) is 17.6 Å². The Morgan fingerprint density at radius 3 is 2.48 bits per heavy atom. The van der Waals surface area contributed by atoms with E-state index >= 15 is 0 Å². The van der Waals surface area contributed by atoms with Crippen LogP contribution >= 0.6 is 11.6 Å². The lowest BCUT2D eigenvalue weighted by Gasteiger charge is -2.29.